The van der Waals surface area contributed by atoms with Crippen molar-refractivity contribution in [2.24, 2.45) is 0 Å². The fourth-order valence-electron chi connectivity index (χ4n) is 3.65. The average molecular weight is 511 g/mol. The maximum absolute atomic E-state index is 13.5. The minimum absolute atomic E-state index is 0.0768. The van der Waals surface area contributed by atoms with Gasteiger partial charge in [-0.15, -0.1) is 0 Å². The van der Waals surface area contributed by atoms with E-state index < -0.39 is 15.9 Å². The summed E-state index contributed by atoms with van der Waals surface area (Å²) in [6.45, 7) is 8.59. The van der Waals surface area contributed by atoms with Crippen molar-refractivity contribution < 1.29 is 22.7 Å². The summed E-state index contributed by atoms with van der Waals surface area (Å²) in [4.78, 5) is 12.9. The highest BCUT2D eigenvalue weighted by molar-refractivity contribution is 7.92. The number of benzene rings is 3. The number of sulfonamides is 1. The van der Waals surface area contributed by atoms with E-state index in [0.717, 1.165) is 21.2 Å². The summed E-state index contributed by atoms with van der Waals surface area (Å²) in [6.07, 6.45) is 0. The number of nitrogens with zero attached hydrogens (tertiary/aromatic N) is 1. The van der Waals surface area contributed by atoms with Crippen LogP contribution in [0.3, 0.4) is 0 Å². The van der Waals surface area contributed by atoms with E-state index in [2.05, 4.69) is 19.2 Å². The maximum Gasteiger partial charge on any atom is 0.264 e. The summed E-state index contributed by atoms with van der Waals surface area (Å²) in [6, 6.07) is 21.0. The van der Waals surface area contributed by atoms with Crippen LogP contribution in [0.2, 0.25) is 0 Å². The Morgan fingerprint density at radius 1 is 0.944 bits per heavy atom. The van der Waals surface area contributed by atoms with Crippen molar-refractivity contribution in [2.75, 3.05) is 30.6 Å². The Hall–Kier alpha value is -3.52. The smallest absolute Gasteiger partial charge is 0.264 e. The highest BCUT2D eigenvalue weighted by Gasteiger charge is 2.27. The number of carbonyl (C=O) groups is 1. The van der Waals surface area contributed by atoms with E-state index in [1.54, 1.807) is 24.3 Å². The molecule has 0 fully saturated rings. The molecule has 0 saturated heterocycles. The van der Waals surface area contributed by atoms with E-state index in [9.17, 15) is 13.2 Å². The van der Waals surface area contributed by atoms with E-state index in [-0.39, 0.29) is 24.6 Å². The first-order valence-corrected chi connectivity index (χ1v) is 13.5. The molecule has 0 saturated carbocycles. The Labute approximate surface area is 214 Å². The van der Waals surface area contributed by atoms with Crippen LogP contribution >= 0.6 is 0 Å². The van der Waals surface area contributed by atoms with E-state index in [4.69, 9.17) is 9.47 Å². The molecule has 0 aliphatic rings. The van der Waals surface area contributed by atoms with Gasteiger partial charge in [-0.05, 0) is 67.8 Å². The molecule has 1 N–H and O–H groups in total. The van der Waals surface area contributed by atoms with Crippen molar-refractivity contribution in [2.45, 2.75) is 38.5 Å². The van der Waals surface area contributed by atoms with Crippen LogP contribution in [0.4, 0.5) is 5.69 Å². The lowest BCUT2D eigenvalue weighted by molar-refractivity contribution is -0.119. The maximum atomic E-state index is 13.5. The third-order valence-corrected chi connectivity index (χ3v) is 7.34. The van der Waals surface area contributed by atoms with Crippen LogP contribution in [0.15, 0.2) is 77.7 Å². The second-order valence-corrected chi connectivity index (χ2v) is 10.5. The molecule has 0 heterocycles. The molecule has 7 nitrogen and oxygen atoms in total. The Kier molecular flexibility index (Phi) is 9.36. The van der Waals surface area contributed by atoms with Gasteiger partial charge in [-0.3, -0.25) is 9.10 Å². The predicted octanol–water partition coefficient (Wildman–Crippen LogP) is 4.91. The zero-order valence-electron chi connectivity index (χ0n) is 21.2. The Morgan fingerprint density at radius 3 is 2.25 bits per heavy atom. The highest BCUT2D eigenvalue weighted by Crippen LogP contribution is 2.26. The van der Waals surface area contributed by atoms with Gasteiger partial charge in [0.05, 0.1) is 23.7 Å². The first-order valence-electron chi connectivity index (χ1n) is 12.0. The number of anilines is 1. The molecule has 36 heavy (non-hydrogen) atoms. The number of hydrogen-bond acceptors (Lipinski definition) is 5. The average Bonchev–Trinajstić information content (AvgIpc) is 2.86. The quantitative estimate of drug-likeness (QED) is 0.350. The fraction of sp³-hybridized carbons (Fsp3) is 0.321. The molecule has 0 radical (unpaired) electrons. The second kappa shape index (κ2) is 12.4. The van der Waals surface area contributed by atoms with Crippen LogP contribution in [0.5, 0.6) is 11.5 Å². The summed E-state index contributed by atoms with van der Waals surface area (Å²) in [5, 5.41) is 2.77. The van der Waals surface area contributed by atoms with Gasteiger partial charge < -0.3 is 14.8 Å². The molecule has 3 aromatic rings. The molecule has 0 unspecified atom stereocenters. The summed E-state index contributed by atoms with van der Waals surface area (Å²) in [5.74, 6) is 1.24. The van der Waals surface area contributed by atoms with Crippen LogP contribution in [-0.2, 0) is 14.8 Å². The number of rotatable bonds is 12. The highest BCUT2D eigenvalue weighted by atomic mass is 32.2. The number of hydrogen-bond donors (Lipinski definition) is 1. The summed E-state index contributed by atoms with van der Waals surface area (Å²) in [7, 11) is -4.00. The van der Waals surface area contributed by atoms with E-state index in [1.807, 2.05) is 50.2 Å². The number of para-hydroxylation sites is 1. The van der Waals surface area contributed by atoms with Crippen LogP contribution < -0.4 is 19.1 Å². The van der Waals surface area contributed by atoms with Gasteiger partial charge in [0.25, 0.3) is 10.0 Å². The summed E-state index contributed by atoms with van der Waals surface area (Å²) in [5.41, 5.74) is 2.49. The van der Waals surface area contributed by atoms with Crippen LogP contribution in [0.1, 0.15) is 37.8 Å². The molecular weight excluding hydrogens is 476 g/mol. The largest absolute Gasteiger partial charge is 0.494 e. The molecule has 0 spiro atoms. The van der Waals surface area contributed by atoms with Crippen molar-refractivity contribution in [3.63, 3.8) is 0 Å². The molecular formula is C28H34N2O5S. The molecule has 1 amide bonds. The van der Waals surface area contributed by atoms with Crippen molar-refractivity contribution in [1.82, 2.24) is 5.32 Å². The molecule has 8 heteroatoms. The van der Waals surface area contributed by atoms with Gasteiger partial charge in [-0.1, -0.05) is 49.7 Å². The van der Waals surface area contributed by atoms with Crippen LogP contribution in [0, 0.1) is 6.92 Å². The van der Waals surface area contributed by atoms with Crippen LogP contribution in [-0.4, -0.2) is 40.6 Å². The van der Waals surface area contributed by atoms with Gasteiger partial charge >= 0.3 is 0 Å². The second-order valence-electron chi connectivity index (χ2n) is 8.64. The Balaban J connectivity index is 1.71. The molecule has 0 aromatic heterocycles. The van der Waals surface area contributed by atoms with E-state index in [1.165, 1.54) is 12.1 Å². The third kappa shape index (κ3) is 7.01. The number of ether oxygens (including phenoxy) is 2. The number of nitrogens with one attached hydrogen (secondary N) is 1. The van der Waals surface area contributed by atoms with Crippen molar-refractivity contribution >= 4 is 21.6 Å². The summed E-state index contributed by atoms with van der Waals surface area (Å²) >= 11 is 0. The number of amides is 1. The van der Waals surface area contributed by atoms with Crippen molar-refractivity contribution in [1.29, 1.82) is 0 Å². The molecule has 0 aliphatic carbocycles. The van der Waals surface area contributed by atoms with Gasteiger partial charge in [0.1, 0.15) is 24.7 Å². The van der Waals surface area contributed by atoms with Gasteiger partial charge in [-0.25, -0.2) is 8.42 Å². The molecule has 0 atom stereocenters. The van der Waals surface area contributed by atoms with Gasteiger partial charge in [0.2, 0.25) is 5.91 Å². The van der Waals surface area contributed by atoms with Gasteiger partial charge in [-0.2, -0.15) is 0 Å². The molecule has 3 rings (SSSR count). The Bertz CT molecular complexity index is 1240. The predicted molar refractivity (Wildman–Crippen MR) is 142 cm³/mol. The Morgan fingerprint density at radius 2 is 1.61 bits per heavy atom. The van der Waals surface area contributed by atoms with Crippen molar-refractivity contribution in [3.8, 4) is 11.5 Å². The zero-order valence-corrected chi connectivity index (χ0v) is 22.0. The minimum atomic E-state index is -4.00. The number of aryl methyl sites for hydroxylation is 1. The fourth-order valence-corrected chi connectivity index (χ4v) is 5.08. The SMILES string of the molecule is CCOc1ccc(S(=O)(=O)N(CC(=O)NCCOc2ccccc2C(C)C)c2ccc(C)cc2)cc1. The lowest BCUT2D eigenvalue weighted by atomic mass is 10.0. The molecule has 192 valence electrons. The third-order valence-electron chi connectivity index (χ3n) is 5.55. The first kappa shape index (κ1) is 27.1. The van der Waals surface area contributed by atoms with Crippen LogP contribution in [0.25, 0.3) is 0 Å². The first-order chi connectivity index (χ1) is 17.2. The molecule has 3 aromatic carbocycles. The minimum Gasteiger partial charge on any atom is -0.494 e. The summed E-state index contributed by atoms with van der Waals surface area (Å²) < 4.78 is 39.4. The lowest BCUT2D eigenvalue weighted by Crippen LogP contribution is -2.41. The topological polar surface area (TPSA) is 84.9 Å². The molecule has 0 aliphatic heterocycles. The van der Waals surface area contributed by atoms with Gasteiger partial charge in [0, 0.05) is 0 Å². The number of carbonyl (C=O) groups excluding carboxylic acids is 1. The lowest BCUT2D eigenvalue weighted by Gasteiger charge is -2.24. The zero-order chi connectivity index (χ0) is 26.1. The van der Waals surface area contributed by atoms with E-state index in [0.29, 0.717) is 24.0 Å². The van der Waals surface area contributed by atoms with E-state index >= 15 is 0 Å². The van der Waals surface area contributed by atoms with Gasteiger partial charge in [0.15, 0.2) is 0 Å². The molecule has 0 bridgehead atoms. The monoisotopic (exact) mass is 510 g/mol. The standard InChI is InChI=1S/C28H34N2O5S/c1-5-34-24-14-16-25(17-15-24)36(32,33)30(23-12-10-22(4)11-13-23)20-28(31)29-18-19-35-27-9-7-6-8-26(27)21(2)3/h6-17,21H,5,18-20H2,1-4H3,(H,29,31). The normalized spacial score (nSPS) is 11.2. The van der Waals surface area contributed by atoms with Crippen molar-refractivity contribution in [3.05, 3.63) is 83.9 Å².